The van der Waals surface area contributed by atoms with Crippen molar-refractivity contribution in [3.05, 3.63) is 58.7 Å². The van der Waals surface area contributed by atoms with E-state index in [1.165, 1.54) is 41.7 Å². The Morgan fingerprint density at radius 1 is 1.15 bits per heavy atom. The second-order valence-corrected chi connectivity index (χ2v) is 7.81. The summed E-state index contributed by atoms with van der Waals surface area (Å²) >= 11 is 0. The highest BCUT2D eigenvalue weighted by atomic mass is 19.1. The average molecular weight is 364 g/mol. The highest BCUT2D eigenvalue weighted by Crippen LogP contribution is 2.42. The number of aromatic nitrogens is 3. The number of nitrogens with zero attached hydrogens (tertiary/aromatic N) is 4. The molecule has 5 heteroatoms. The molecule has 5 rings (SSSR count). The number of hydrogen-bond donors (Lipinski definition) is 0. The van der Waals surface area contributed by atoms with E-state index in [1.54, 1.807) is 0 Å². The van der Waals surface area contributed by atoms with Gasteiger partial charge in [-0.05, 0) is 43.9 Å². The van der Waals surface area contributed by atoms with E-state index in [1.807, 2.05) is 37.4 Å². The van der Waals surface area contributed by atoms with Gasteiger partial charge < -0.3 is 4.57 Å². The largest absolute Gasteiger partial charge is 0.341 e. The maximum atomic E-state index is 12.7. The summed E-state index contributed by atoms with van der Waals surface area (Å²) in [6.07, 6.45) is 6.54. The zero-order valence-electron chi connectivity index (χ0n) is 15.8. The number of fused-ring (bicyclic) bond motifs is 5. The van der Waals surface area contributed by atoms with Crippen molar-refractivity contribution in [3.8, 4) is 0 Å². The van der Waals surface area contributed by atoms with Crippen LogP contribution in [0.4, 0.5) is 4.39 Å². The van der Waals surface area contributed by atoms with Crippen LogP contribution in [0.25, 0.3) is 11.0 Å². The number of hydrogen-bond acceptors (Lipinski definition) is 3. The summed E-state index contributed by atoms with van der Waals surface area (Å²) in [4.78, 5) is 12.0. The van der Waals surface area contributed by atoms with Gasteiger partial charge in [0.1, 0.15) is 12.5 Å². The summed E-state index contributed by atoms with van der Waals surface area (Å²) in [6.45, 7) is 4.85. The molecule has 140 valence electrons. The van der Waals surface area contributed by atoms with Crippen LogP contribution in [-0.4, -0.2) is 32.5 Å². The molecule has 0 bridgehead atoms. The summed E-state index contributed by atoms with van der Waals surface area (Å²) in [6, 6.07) is 8.40. The highest BCUT2D eigenvalue weighted by molar-refractivity contribution is 5.82. The number of halogens is 1. The SMILES string of the molecule is Cc1ncc2c(n1)c1c(n2CCc2ccc(CF)cc2)CCN2CCCC12. The van der Waals surface area contributed by atoms with Crippen LogP contribution in [0.3, 0.4) is 0 Å². The molecule has 0 saturated carbocycles. The van der Waals surface area contributed by atoms with Crippen molar-refractivity contribution in [2.45, 2.75) is 51.9 Å². The first-order valence-electron chi connectivity index (χ1n) is 9.97. The lowest BCUT2D eigenvalue weighted by Gasteiger charge is -2.30. The minimum absolute atomic E-state index is 0.398. The zero-order chi connectivity index (χ0) is 18.4. The van der Waals surface area contributed by atoms with Gasteiger partial charge >= 0.3 is 0 Å². The fourth-order valence-corrected chi connectivity index (χ4v) is 4.87. The van der Waals surface area contributed by atoms with Gasteiger partial charge in [0.05, 0.1) is 17.2 Å². The predicted octanol–water partition coefficient (Wildman–Crippen LogP) is 4.14. The van der Waals surface area contributed by atoms with Crippen LogP contribution in [-0.2, 0) is 26.1 Å². The van der Waals surface area contributed by atoms with E-state index in [9.17, 15) is 4.39 Å². The second-order valence-electron chi connectivity index (χ2n) is 7.81. The Labute approximate surface area is 159 Å². The highest BCUT2D eigenvalue weighted by Gasteiger charge is 2.35. The van der Waals surface area contributed by atoms with Crippen molar-refractivity contribution >= 4 is 11.0 Å². The molecule has 27 heavy (non-hydrogen) atoms. The molecule has 3 aromatic rings. The van der Waals surface area contributed by atoms with Gasteiger partial charge in [-0.3, -0.25) is 4.90 Å². The third kappa shape index (κ3) is 2.85. The Balaban J connectivity index is 1.53. The van der Waals surface area contributed by atoms with Crippen LogP contribution in [0.5, 0.6) is 0 Å². The van der Waals surface area contributed by atoms with Crippen molar-refractivity contribution < 1.29 is 4.39 Å². The second kappa shape index (κ2) is 6.71. The molecule has 2 aromatic heterocycles. The molecule has 0 N–H and O–H groups in total. The third-order valence-electron chi connectivity index (χ3n) is 6.21. The van der Waals surface area contributed by atoms with E-state index in [-0.39, 0.29) is 0 Å². The lowest BCUT2D eigenvalue weighted by molar-refractivity contribution is 0.241. The van der Waals surface area contributed by atoms with Gasteiger partial charge in [0.15, 0.2) is 0 Å². The van der Waals surface area contributed by atoms with E-state index in [0.29, 0.717) is 6.04 Å². The number of aryl methyl sites for hydroxylation is 3. The van der Waals surface area contributed by atoms with Gasteiger partial charge in [-0.25, -0.2) is 14.4 Å². The molecule has 1 atom stereocenters. The predicted molar refractivity (Wildman–Crippen MR) is 104 cm³/mol. The molecular weight excluding hydrogens is 339 g/mol. The average Bonchev–Trinajstić information content (AvgIpc) is 3.28. The normalized spacial score (nSPS) is 19.4. The summed E-state index contributed by atoms with van der Waals surface area (Å²) in [5.41, 5.74) is 7.21. The molecule has 0 aliphatic carbocycles. The van der Waals surface area contributed by atoms with E-state index >= 15 is 0 Å². The number of alkyl halides is 1. The molecule has 2 aliphatic rings. The minimum atomic E-state index is -0.398. The fraction of sp³-hybridized carbons (Fsp3) is 0.455. The monoisotopic (exact) mass is 364 g/mol. The molecule has 0 radical (unpaired) electrons. The number of rotatable bonds is 4. The molecule has 1 unspecified atom stereocenters. The van der Waals surface area contributed by atoms with E-state index in [4.69, 9.17) is 4.98 Å². The molecule has 0 spiro atoms. The van der Waals surface area contributed by atoms with E-state index < -0.39 is 6.67 Å². The quantitative estimate of drug-likeness (QED) is 0.698. The van der Waals surface area contributed by atoms with Gasteiger partial charge in [-0.15, -0.1) is 0 Å². The standard InChI is InChI=1S/C22H25FN4/c1-15-24-14-20-22(25-15)21-18-3-2-10-26(18)11-9-19(21)27(20)12-8-16-4-6-17(13-23)7-5-16/h4-7,14,18H,2-3,8-13H2,1H3. The summed E-state index contributed by atoms with van der Waals surface area (Å²) < 4.78 is 15.2. The van der Waals surface area contributed by atoms with Crippen LogP contribution in [0.1, 0.15) is 47.1 Å². The lowest BCUT2D eigenvalue weighted by Crippen LogP contribution is -2.31. The fourth-order valence-electron chi connectivity index (χ4n) is 4.87. The van der Waals surface area contributed by atoms with Crippen molar-refractivity contribution in [3.63, 3.8) is 0 Å². The van der Waals surface area contributed by atoms with Gasteiger partial charge in [0.2, 0.25) is 0 Å². The Bertz CT molecular complexity index is 976. The third-order valence-corrected chi connectivity index (χ3v) is 6.21. The Kier molecular flexibility index (Phi) is 4.20. The maximum Gasteiger partial charge on any atom is 0.126 e. The topological polar surface area (TPSA) is 34.0 Å². The molecule has 2 aliphatic heterocycles. The zero-order valence-corrected chi connectivity index (χ0v) is 15.8. The lowest BCUT2D eigenvalue weighted by atomic mass is 9.98. The van der Waals surface area contributed by atoms with Crippen LogP contribution in [0, 0.1) is 6.92 Å². The van der Waals surface area contributed by atoms with Crippen molar-refractivity contribution in [2.24, 2.45) is 0 Å². The Hall–Kier alpha value is -2.27. The Morgan fingerprint density at radius 2 is 1.96 bits per heavy atom. The van der Waals surface area contributed by atoms with E-state index in [0.717, 1.165) is 42.8 Å². The van der Waals surface area contributed by atoms with Gasteiger partial charge in [0.25, 0.3) is 0 Å². The smallest absolute Gasteiger partial charge is 0.126 e. The summed E-state index contributed by atoms with van der Waals surface area (Å²) in [5.74, 6) is 0.847. The van der Waals surface area contributed by atoms with Crippen molar-refractivity contribution in [2.75, 3.05) is 13.1 Å². The van der Waals surface area contributed by atoms with Crippen LogP contribution >= 0.6 is 0 Å². The number of benzene rings is 1. The van der Waals surface area contributed by atoms with Gasteiger partial charge in [0, 0.05) is 36.8 Å². The molecular formula is C22H25FN4. The first-order valence-corrected chi connectivity index (χ1v) is 9.97. The first-order chi connectivity index (χ1) is 13.2. The maximum absolute atomic E-state index is 12.7. The molecule has 4 nitrogen and oxygen atoms in total. The molecule has 1 aromatic carbocycles. The van der Waals surface area contributed by atoms with Crippen LogP contribution < -0.4 is 0 Å². The summed E-state index contributed by atoms with van der Waals surface area (Å²) in [7, 11) is 0. The minimum Gasteiger partial charge on any atom is -0.341 e. The molecule has 1 fully saturated rings. The summed E-state index contributed by atoms with van der Waals surface area (Å²) in [5, 5.41) is 0. The first kappa shape index (κ1) is 16.9. The van der Waals surface area contributed by atoms with Gasteiger partial charge in [-0.1, -0.05) is 24.3 Å². The van der Waals surface area contributed by atoms with Crippen LogP contribution in [0.15, 0.2) is 30.5 Å². The molecule has 4 heterocycles. The van der Waals surface area contributed by atoms with Crippen molar-refractivity contribution in [1.29, 1.82) is 0 Å². The Morgan fingerprint density at radius 3 is 2.78 bits per heavy atom. The van der Waals surface area contributed by atoms with E-state index in [2.05, 4.69) is 14.5 Å². The van der Waals surface area contributed by atoms with Crippen molar-refractivity contribution in [1.82, 2.24) is 19.4 Å². The van der Waals surface area contributed by atoms with Crippen LogP contribution in [0.2, 0.25) is 0 Å². The molecule has 1 saturated heterocycles. The van der Waals surface area contributed by atoms with Gasteiger partial charge in [-0.2, -0.15) is 0 Å². The molecule has 0 amide bonds.